The monoisotopic (exact) mass is 306 g/mol. The van der Waals surface area contributed by atoms with E-state index in [0.29, 0.717) is 24.3 Å². The van der Waals surface area contributed by atoms with E-state index in [-0.39, 0.29) is 0 Å². The second-order valence-electron chi connectivity index (χ2n) is 5.36. The van der Waals surface area contributed by atoms with Gasteiger partial charge < -0.3 is 9.88 Å². The molecule has 0 unspecified atom stereocenters. The molecule has 0 radical (unpaired) electrons. The van der Waals surface area contributed by atoms with Crippen molar-refractivity contribution < 1.29 is 13.2 Å². The third kappa shape index (κ3) is 3.66. The van der Waals surface area contributed by atoms with Crippen LogP contribution >= 0.6 is 11.8 Å². The summed E-state index contributed by atoms with van der Waals surface area (Å²) in [5.74, 6) is 2.21. The van der Waals surface area contributed by atoms with Gasteiger partial charge in [0.25, 0.3) is 0 Å². The number of alkyl halides is 3. The predicted molar refractivity (Wildman–Crippen MR) is 69.9 cm³/mol. The van der Waals surface area contributed by atoms with Crippen molar-refractivity contribution in [3.8, 4) is 0 Å². The average Bonchev–Trinajstić information content (AvgIpc) is 3.27. The Labute approximate surface area is 119 Å². The molecule has 1 N–H and O–H groups in total. The van der Waals surface area contributed by atoms with Crippen molar-refractivity contribution in [2.45, 2.75) is 49.0 Å². The zero-order chi connectivity index (χ0) is 14.2. The summed E-state index contributed by atoms with van der Waals surface area (Å²) in [7, 11) is 0. The van der Waals surface area contributed by atoms with Gasteiger partial charge in [0.15, 0.2) is 5.16 Å². The second kappa shape index (κ2) is 5.55. The van der Waals surface area contributed by atoms with Gasteiger partial charge >= 0.3 is 6.18 Å². The maximum absolute atomic E-state index is 12.0. The Morgan fingerprint density at radius 3 is 2.55 bits per heavy atom. The molecule has 2 fully saturated rings. The third-order valence-electron chi connectivity index (χ3n) is 3.38. The number of thioether (sulfide) groups is 1. The van der Waals surface area contributed by atoms with Crippen LogP contribution in [0, 0.1) is 0 Å². The van der Waals surface area contributed by atoms with E-state index < -0.39 is 12.7 Å². The van der Waals surface area contributed by atoms with E-state index in [0.717, 1.165) is 23.8 Å². The van der Waals surface area contributed by atoms with Crippen molar-refractivity contribution in [1.82, 2.24) is 20.1 Å². The summed E-state index contributed by atoms with van der Waals surface area (Å²) < 4.78 is 38.2. The molecule has 0 aromatic carbocycles. The summed E-state index contributed by atoms with van der Waals surface area (Å²) in [5.41, 5.74) is 0. The van der Waals surface area contributed by atoms with E-state index in [1.165, 1.54) is 24.6 Å². The van der Waals surface area contributed by atoms with E-state index in [4.69, 9.17) is 0 Å². The summed E-state index contributed by atoms with van der Waals surface area (Å²) >= 11 is 1.49. The summed E-state index contributed by atoms with van der Waals surface area (Å²) in [6.45, 7) is -0.614. The summed E-state index contributed by atoms with van der Waals surface area (Å²) in [6.07, 6.45) is 0.554. The molecule has 0 bridgehead atoms. The quantitative estimate of drug-likeness (QED) is 0.621. The van der Waals surface area contributed by atoms with Crippen LogP contribution in [0.1, 0.15) is 43.5 Å². The molecule has 0 aliphatic heterocycles. The van der Waals surface area contributed by atoms with Gasteiger partial charge in [0.1, 0.15) is 5.82 Å². The molecule has 20 heavy (non-hydrogen) atoms. The topological polar surface area (TPSA) is 42.7 Å². The van der Waals surface area contributed by atoms with Gasteiger partial charge in [-0.3, -0.25) is 0 Å². The Morgan fingerprint density at radius 1 is 1.20 bits per heavy atom. The molecule has 112 valence electrons. The molecule has 3 rings (SSSR count). The second-order valence-corrected chi connectivity index (χ2v) is 6.42. The van der Waals surface area contributed by atoms with Crippen molar-refractivity contribution in [1.29, 1.82) is 0 Å². The highest BCUT2D eigenvalue weighted by Gasteiger charge is 2.36. The molecule has 0 spiro atoms. The number of hydrogen-bond acceptors (Lipinski definition) is 4. The van der Waals surface area contributed by atoms with Crippen molar-refractivity contribution >= 4 is 11.8 Å². The zero-order valence-corrected chi connectivity index (χ0v) is 11.8. The normalized spacial score (nSPS) is 19.6. The van der Waals surface area contributed by atoms with E-state index in [1.807, 2.05) is 0 Å². The number of hydrogen-bond donors (Lipinski definition) is 1. The highest BCUT2D eigenvalue weighted by molar-refractivity contribution is 7.99. The Bertz CT molecular complexity index is 466. The molecule has 4 nitrogen and oxygen atoms in total. The SMILES string of the molecule is FC(F)(F)CNCCSc1nnc(C2CC2)n1C1CC1. The molecular formula is C12H17F3N4S. The fraction of sp³-hybridized carbons (Fsp3) is 0.833. The minimum Gasteiger partial charge on any atom is -0.308 e. The summed E-state index contributed by atoms with van der Waals surface area (Å²) in [5, 5.41) is 11.7. The fourth-order valence-corrected chi connectivity index (χ4v) is 3.04. The Hall–Kier alpha value is -0.760. The third-order valence-corrected chi connectivity index (χ3v) is 4.33. The lowest BCUT2D eigenvalue weighted by Crippen LogP contribution is -2.30. The van der Waals surface area contributed by atoms with Gasteiger partial charge in [-0.1, -0.05) is 11.8 Å². The van der Waals surface area contributed by atoms with Crippen LogP contribution in [-0.4, -0.2) is 39.8 Å². The molecule has 1 heterocycles. The Morgan fingerprint density at radius 2 is 1.95 bits per heavy atom. The predicted octanol–water partition coefficient (Wildman–Crippen LogP) is 2.73. The van der Waals surface area contributed by atoms with Crippen LogP contribution in [0.15, 0.2) is 5.16 Å². The van der Waals surface area contributed by atoms with Crippen LogP contribution in [0.3, 0.4) is 0 Å². The molecule has 2 saturated carbocycles. The van der Waals surface area contributed by atoms with Crippen LogP contribution in [0.2, 0.25) is 0 Å². The van der Waals surface area contributed by atoms with Gasteiger partial charge in [-0.15, -0.1) is 10.2 Å². The van der Waals surface area contributed by atoms with Crippen molar-refractivity contribution in [3.05, 3.63) is 5.82 Å². The number of nitrogens with one attached hydrogen (secondary N) is 1. The minimum absolute atomic E-state index is 0.320. The summed E-state index contributed by atoms with van der Waals surface area (Å²) in [6, 6.07) is 0.520. The van der Waals surface area contributed by atoms with Crippen molar-refractivity contribution in [2.75, 3.05) is 18.8 Å². The van der Waals surface area contributed by atoms with Crippen LogP contribution < -0.4 is 5.32 Å². The maximum atomic E-state index is 12.0. The highest BCUT2D eigenvalue weighted by atomic mass is 32.2. The molecular weight excluding hydrogens is 289 g/mol. The molecule has 2 aliphatic rings. The van der Waals surface area contributed by atoms with E-state index in [9.17, 15) is 13.2 Å². The molecule has 1 aromatic heterocycles. The first kappa shape index (κ1) is 14.2. The number of aromatic nitrogens is 3. The van der Waals surface area contributed by atoms with Crippen LogP contribution in [0.4, 0.5) is 13.2 Å². The minimum atomic E-state index is -4.14. The number of halogens is 3. The Balaban J connectivity index is 1.50. The smallest absolute Gasteiger partial charge is 0.308 e. The molecule has 8 heteroatoms. The van der Waals surface area contributed by atoms with Gasteiger partial charge in [0.05, 0.1) is 6.54 Å². The van der Waals surface area contributed by atoms with Gasteiger partial charge in [-0.25, -0.2) is 0 Å². The Kier molecular flexibility index (Phi) is 3.94. The molecule has 1 aromatic rings. The lowest BCUT2D eigenvalue weighted by atomic mass is 10.4. The van der Waals surface area contributed by atoms with Crippen LogP contribution in [-0.2, 0) is 0 Å². The van der Waals surface area contributed by atoms with Crippen molar-refractivity contribution in [3.63, 3.8) is 0 Å². The first-order valence-electron chi connectivity index (χ1n) is 6.89. The molecule has 0 amide bonds. The van der Waals surface area contributed by atoms with E-state index >= 15 is 0 Å². The maximum Gasteiger partial charge on any atom is 0.401 e. The molecule has 2 aliphatic carbocycles. The summed E-state index contributed by atoms with van der Waals surface area (Å²) in [4.78, 5) is 0. The lowest BCUT2D eigenvalue weighted by molar-refractivity contribution is -0.124. The highest BCUT2D eigenvalue weighted by Crippen LogP contribution is 2.45. The largest absolute Gasteiger partial charge is 0.401 e. The zero-order valence-electron chi connectivity index (χ0n) is 11.0. The van der Waals surface area contributed by atoms with E-state index in [2.05, 4.69) is 20.1 Å². The first-order valence-corrected chi connectivity index (χ1v) is 7.88. The molecule has 0 saturated heterocycles. The van der Waals surface area contributed by atoms with Gasteiger partial charge in [0, 0.05) is 24.3 Å². The van der Waals surface area contributed by atoms with E-state index in [1.54, 1.807) is 0 Å². The average molecular weight is 306 g/mol. The van der Waals surface area contributed by atoms with Crippen LogP contribution in [0.25, 0.3) is 0 Å². The van der Waals surface area contributed by atoms with Gasteiger partial charge in [-0.05, 0) is 25.7 Å². The fourth-order valence-electron chi connectivity index (χ4n) is 2.13. The number of rotatable bonds is 7. The van der Waals surface area contributed by atoms with Gasteiger partial charge in [0.2, 0.25) is 0 Å². The van der Waals surface area contributed by atoms with Crippen molar-refractivity contribution in [2.24, 2.45) is 0 Å². The van der Waals surface area contributed by atoms with Gasteiger partial charge in [-0.2, -0.15) is 13.2 Å². The number of nitrogens with zero attached hydrogens (tertiary/aromatic N) is 3. The molecule has 0 atom stereocenters. The van der Waals surface area contributed by atoms with Crippen LogP contribution in [0.5, 0.6) is 0 Å². The first-order chi connectivity index (χ1) is 9.54. The standard InChI is InChI=1S/C12H17F3N4S/c13-12(14,15)7-16-5-6-20-11-18-17-10(8-1-2-8)19(11)9-3-4-9/h8-9,16H,1-7H2. The lowest BCUT2D eigenvalue weighted by Gasteiger charge is -2.09.